The van der Waals surface area contributed by atoms with E-state index < -0.39 is 10.0 Å². The van der Waals surface area contributed by atoms with Gasteiger partial charge in [0, 0.05) is 38.1 Å². The molecule has 9 heteroatoms. The van der Waals surface area contributed by atoms with Crippen molar-refractivity contribution < 1.29 is 22.4 Å². The molecule has 7 nitrogen and oxygen atoms in total. The molecule has 1 heterocycles. The smallest absolute Gasteiger partial charge is 0.243 e. The van der Waals surface area contributed by atoms with Gasteiger partial charge in [-0.3, -0.25) is 9.59 Å². The number of nitrogens with zero attached hydrogens (tertiary/aromatic N) is 3. The Hall–Kier alpha value is -2.78. The molecular weight excluding hydrogens is 553 g/mol. The standard InChI is InChI=1S/C33H46FN3O4S/c1-24-6-14-30(15-7-24)42(40,41)37(29-12-13-29)23-32(39)36(22-26-8-10-27(34)11-9-26)28-16-18-35(19-17-28)31(38)20-25(2)21-33(3,4)5/h6-11,14-15,25,28-29H,12-13,16-23H2,1-5H3. The monoisotopic (exact) mass is 599 g/mol. The highest BCUT2D eigenvalue weighted by Gasteiger charge is 2.41. The summed E-state index contributed by atoms with van der Waals surface area (Å²) in [5.41, 5.74) is 1.90. The first-order valence-corrected chi connectivity index (χ1v) is 16.6. The number of likely N-dealkylation sites (tertiary alicyclic amines) is 1. The number of benzene rings is 2. The van der Waals surface area contributed by atoms with E-state index in [0.29, 0.717) is 32.4 Å². The van der Waals surface area contributed by atoms with Crippen molar-refractivity contribution in [3.05, 3.63) is 65.5 Å². The first kappa shape index (κ1) is 32.1. The molecule has 230 valence electrons. The third kappa shape index (κ3) is 8.63. The molecule has 0 aromatic heterocycles. The van der Waals surface area contributed by atoms with Crippen molar-refractivity contribution in [2.75, 3.05) is 19.6 Å². The lowest BCUT2D eigenvalue weighted by Crippen LogP contribution is -2.51. The quantitative estimate of drug-likeness (QED) is 0.329. The van der Waals surface area contributed by atoms with Gasteiger partial charge < -0.3 is 9.80 Å². The summed E-state index contributed by atoms with van der Waals surface area (Å²) >= 11 is 0. The molecule has 0 spiro atoms. The van der Waals surface area contributed by atoms with Crippen molar-refractivity contribution in [3.8, 4) is 0 Å². The largest absolute Gasteiger partial charge is 0.343 e. The lowest BCUT2D eigenvalue weighted by molar-refractivity contribution is -0.138. The number of sulfonamides is 1. The molecule has 4 rings (SSSR count). The minimum atomic E-state index is -3.85. The minimum absolute atomic E-state index is 0.144. The summed E-state index contributed by atoms with van der Waals surface area (Å²) < 4.78 is 42.2. The number of carbonyl (C=O) groups excluding carboxylic acids is 2. The van der Waals surface area contributed by atoms with E-state index in [9.17, 15) is 22.4 Å². The van der Waals surface area contributed by atoms with E-state index in [2.05, 4.69) is 27.7 Å². The molecule has 0 bridgehead atoms. The van der Waals surface area contributed by atoms with Crippen LogP contribution in [-0.2, 0) is 26.2 Å². The van der Waals surface area contributed by atoms with Crippen LogP contribution >= 0.6 is 0 Å². The molecule has 0 radical (unpaired) electrons. The maximum Gasteiger partial charge on any atom is 0.243 e. The van der Waals surface area contributed by atoms with Crippen LogP contribution in [0.1, 0.15) is 77.3 Å². The number of carbonyl (C=O) groups is 2. The Kier molecular flexibility index (Phi) is 10.1. The molecule has 2 aliphatic rings. The summed E-state index contributed by atoms with van der Waals surface area (Å²) in [6.45, 7) is 11.7. The van der Waals surface area contributed by atoms with Gasteiger partial charge in [0.25, 0.3) is 0 Å². The molecule has 1 unspecified atom stereocenters. The fourth-order valence-corrected chi connectivity index (χ4v) is 7.66. The van der Waals surface area contributed by atoms with Gasteiger partial charge in [0.1, 0.15) is 5.82 Å². The van der Waals surface area contributed by atoms with Gasteiger partial charge in [0.15, 0.2) is 0 Å². The third-order valence-corrected chi connectivity index (χ3v) is 10.1. The van der Waals surface area contributed by atoms with Crippen LogP contribution in [0.5, 0.6) is 0 Å². The lowest BCUT2D eigenvalue weighted by Gasteiger charge is -2.40. The van der Waals surface area contributed by atoms with Gasteiger partial charge in [-0.05, 0) is 80.2 Å². The first-order chi connectivity index (χ1) is 19.7. The van der Waals surface area contributed by atoms with E-state index in [1.165, 1.54) is 16.4 Å². The summed E-state index contributed by atoms with van der Waals surface area (Å²) in [5, 5.41) is 0. The predicted octanol–water partition coefficient (Wildman–Crippen LogP) is 5.77. The third-order valence-electron chi connectivity index (χ3n) is 8.20. The number of aryl methyl sites for hydroxylation is 1. The number of piperidine rings is 1. The summed E-state index contributed by atoms with van der Waals surface area (Å²) in [7, 11) is -3.85. The van der Waals surface area contributed by atoms with Crippen LogP contribution in [0.25, 0.3) is 0 Å². The highest BCUT2D eigenvalue weighted by molar-refractivity contribution is 7.89. The van der Waals surface area contributed by atoms with Gasteiger partial charge in [-0.2, -0.15) is 4.31 Å². The Morgan fingerprint density at radius 3 is 2.10 bits per heavy atom. The Bertz CT molecular complexity index is 1330. The zero-order valence-electron chi connectivity index (χ0n) is 25.7. The Morgan fingerprint density at radius 1 is 0.952 bits per heavy atom. The normalized spacial score (nSPS) is 17.4. The number of rotatable bonds is 11. The number of hydrogen-bond donors (Lipinski definition) is 0. The van der Waals surface area contributed by atoms with E-state index in [1.54, 1.807) is 41.3 Å². The molecule has 0 N–H and O–H groups in total. The average Bonchev–Trinajstić information content (AvgIpc) is 3.75. The zero-order valence-corrected chi connectivity index (χ0v) is 26.5. The molecule has 1 saturated heterocycles. The predicted molar refractivity (Wildman–Crippen MR) is 162 cm³/mol. The summed E-state index contributed by atoms with van der Waals surface area (Å²) in [5.74, 6) is -0.194. The molecular formula is C33H46FN3O4S. The van der Waals surface area contributed by atoms with Crippen molar-refractivity contribution in [2.45, 2.75) is 96.7 Å². The van der Waals surface area contributed by atoms with Gasteiger partial charge >= 0.3 is 0 Å². The highest BCUT2D eigenvalue weighted by atomic mass is 32.2. The SMILES string of the molecule is Cc1ccc(S(=O)(=O)N(CC(=O)N(Cc2ccc(F)cc2)C2CCN(C(=O)CC(C)CC(C)(C)C)CC2)C2CC2)cc1. The zero-order chi connectivity index (χ0) is 30.7. The first-order valence-electron chi connectivity index (χ1n) is 15.1. The molecule has 42 heavy (non-hydrogen) atoms. The molecule has 1 atom stereocenters. The molecule has 2 aromatic carbocycles. The summed E-state index contributed by atoms with van der Waals surface area (Å²) in [4.78, 5) is 30.8. The second kappa shape index (κ2) is 13.2. The summed E-state index contributed by atoms with van der Waals surface area (Å²) in [6, 6.07) is 12.4. The van der Waals surface area contributed by atoms with Gasteiger partial charge in [0.2, 0.25) is 21.8 Å². The fourth-order valence-electron chi connectivity index (χ4n) is 6.02. The topological polar surface area (TPSA) is 78.0 Å². The van der Waals surface area contributed by atoms with Gasteiger partial charge in [-0.15, -0.1) is 0 Å². The Morgan fingerprint density at radius 2 is 1.55 bits per heavy atom. The van der Waals surface area contributed by atoms with Crippen LogP contribution in [0.15, 0.2) is 53.4 Å². The minimum Gasteiger partial charge on any atom is -0.343 e. The molecule has 2 aromatic rings. The van der Waals surface area contributed by atoms with Crippen molar-refractivity contribution in [3.63, 3.8) is 0 Å². The van der Waals surface area contributed by atoms with E-state index in [0.717, 1.165) is 30.4 Å². The molecule has 1 saturated carbocycles. The number of hydrogen-bond acceptors (Lipinski definition) is 4. The van der Waals surface area contributed by atoms with Crippen LogP contribution in [0.2, 0.25) is 0 Å². The highest BCUT2D eigenvalue weighted by Crippen LogP contribution is 2.33. The number of halogens is 1. The van der Waals surface area contributed by atoms with E-state index in [4.69, 9.17) is 0 Å². The molecule has 2 amide bonds. The fraction of sp³-hybridized carbons (Fsp3) is 0.576. The Labute approximate surface area is 251 Å². The van der Waals surface area contributed by atoms with Crippen LogP contribution < -0.4 is 0 Å². The number of amides is 2. The van der Waals surface area contributed by atoms with E-state index in [1.807, 2.05) is 11.8 Å². The van der Waals surface area contributed by atoms with Crippen molar-refractivity contribution in [1.29, 1.82) is 0 Å². The molecule has 1 aliphatic heterocycles. The molecule has 1 aliphatic carbocycles. The van der Waals surface area contributed by atoms with Crippen LogP contribution in [0.4, 0.5) is 4.39 Å². The van der Waals surface area contributed by atoms with Gasteiger partial charge in [0.05, 0.1) is 11.4 Å². The van der Waals surface area contributed by atoms with Gasteiger partial charge in [-0.1, -0.05) is 57.5 Å². The van der Waals surface area contributed by atoms with Crippen molar-refractivity contribution in [2.24, 2.45) is 11.3 Å². The summed E-state index contributed by atoms with van der Waals surface area (Å²) in [6.07, 6.45) is 4.15. The lowest BCUT2D eigenvalue weighted by atomic mass is 9.84. The van der Waals surface area contributed by atoms with Crippen LogP contribution in [0.3, 0.4) is 0 Å². The second-order valence-electron chi connectivity index (χ2n) is 13.4. The van der Waals surface area contributed by atoms with E-state index in [-0.39, 0.29) is 59.0 Å². The Balaban J connectivity index is 1.48. The van der Waals surface area contributed by atoms with Crippen molar-refractivity contribution in [1.82, 2.24) is 14.1 Å². The second-order valence-corrected chi connectivity index (χ2v) is 15.3. The maximum absolute atomic E-state index is 13.9. The van der Waals surface area contributed by atoms with Crippen LogP contribution in [-0.4, -0.2) is 66.1 Å². The van der Waals surface area contributed by atoms with Gasteiger partial charge in [-0.25, -0.2) is 12.8 Å². The van der Waals surface area contributed by atoms with Crippen molar-refractivity contribution >= 4 is 21.8 Å². The average molecular weight is 600 g/mol. The molecule has 2 fully saturated rings. The van der Waals surface area contributed by atoms with E-state index >= 15 is 0 Å². The maximum atomic E-state index is 13.9. The van der Waals surface area contributed by atoms with Crippen LogP contribution in [0, 0.1) is 24.1 Å².